The van der Waals surface area contributed by atoms with Crippen LogP contribution in [-0.4, -0.2) is 63.6 Å². The number of rotatable bonds is 4. The number of carbonyl (C=O) groups is 1. The van der Waals surface area contributed by atoms with Gasteiger partial charge in [-0.05, 0) is 36.8 Å². The Bertz CT molecular complexity index is 1420. The molecule has 1 saturated heterocycles. The van der Waals surface area contributed by atoms with Crippen LogP contribution in [0.1, 0.15) is 21.6 Å². The molecule has 33 heavy (non-hydrogen) atoms. The highest BCUT2D eigenvalue weighted by Gasteiger charge is 2.21. The van der Waals surface area contributed by atoms with Gasteiger partial charge in [-0.25, -0.2) is 9.50 Å². The topological polar surface area (TPSA) is 98.6 Å². The summed E-state index contributed by atoms with van der Waals surface area (Å²) in [6.07, 6.45) is 1.71. The van der Waals surface area contributed by atoms with E-state index < -0.39 is 0 Å². The second-order valence-electron chi connectivity index (χ2n) is 8.24. The van der Waals surface area contributed by atoms with Crippen LogP contribution in [0.15, 0.2) is 41.3 Å². The van der Waals surface area contributed by atoms with E-state index in [0.717, 1.165) is 60.6 Å². The number of halogens is 1. The quantitative estimate of drug-likeness (QED) is 0.448. The Morgan fingerprint density at radius 1 is 1.18 bits per heavy atom. The third-order valence-corrected chi connectivity index (χ3v) is 6.39. The number of carbonyl (C=O) groups excluding carboxylic acids is 1. The maximum atomic E-state index is 12.5. The molecule has 1 aliphatic rings. The molecule has 0 radical (unpaired) electrons. The second-order valence-corrected chi connectivity index (χ2v) is 8.60. The molecule has 3 aromatic heterocycles. The van der Waals surface area contributed by atoms with Crippen molar-refractivity contribution in [1.82, 2.24) is 29.8 Å². The lowest BCUT2D eigenvalue weighted by molar-refractivity contribution is 0.0958. The van der Waals surface area contributed by atoms with Crippen LogP contribution in [0, 0.1) is 6.92 Å². The van der Waals surface area contributed by atoms with Crippen LogP contribution >= 0.6 is 11.6 Å². The number of H-pyrrole nitrogens is 1. The van der Waals surface area contributed by atoms with E-state index in [0.29, 0.717) is 16.4 Å². The van der Waals surface area contributed by atoms with E-state index in [2.05, 4.69) is 36.2 Å². The van der Waals surface area contributed by atoms with Gasteiger partial charge in [0.15, 0.2) is 5.15 Å². The predicted octanol–water partition coefficient (Wildman–Crippen LogP) is 2.21. The number of benzene rings is 1. The number of anilines is 1. The number of piperazine rings is 1. The van der Waals surface area contributed by atoms with Crippen molar-refractivity contribution in [2.45, 2.75) is 13.5 Å². The summed E-state index contributed by atoms with van der Waals surface area (Å²) < 4.78 is 1.71. The van der Waals surface area contributed by atoms with Crippen LogP contribution in [-0.2, 0) is 6.54 Å². The minimum Gasteiger partial charge on any atom is -0.366 e. The molecule has 1 amide bonds. The molecule has 4 aromatic rings. The van der Waals surface area contributed by atoms with Gasteiger partial charge in [-0.2, -0.15) is 5.10 Å². The molecule has 5 rings (SSSR count). The van der Waals surface area contributed by atoms with E-state index in [1.807, 2.05) is 25.1 Å². The molecule has 0 saturated carbocycles. The molecule has 1 fully saturated rings. The molecule has 9 nitrogen and oxygen atoms in total. The first-order chi connectivity index (χ1) is 15.9. The predicted molar refractivity (Wildman–Crippen MR) is 128 cm³/mol. The van der Waals surface area contributed by atoms with Gasteiger partial charge in [0, 0.05) is 45.3 Å². The van der Waals surface area contributed by atoms with Gasteiger partial charge in [-0.3, -0.25) is 14.5 Å². The van der Waals surface area contributed by atoms with Crippen molar-refractivity contribution in [2.24, 2.45) is 0 Å². The summed E-state index contributed by atoms with van der Waals surface area (Å²) in [5.74, 6) is -0.256. The first-order valence-electron chi connectivity index (χ1n) is 10.8. The van der Waals surface area contributed by atoms with Crippen molar-refractivity contribution in [3.8, 4) is 0 Å². The lowest BCUT2D eigenvalue weighted by Gasteiger charge is -2.36. The molecule has 1 aliphatic heterocycles. The summed E-state index contributed by atoms with van der Waals surface area (Å²) in [4.78, 5) is 36.0. The number of amides is 1. The third-order valence-electron chi connectivity index (χ3n) is 6.11. The average Bonchev–Trinajstić information content (AvgIpc) is 3.21. The Hall–Kier alpha value is -3.43. The van der Waals surface area contributed by atoms with Gasteiger partial charge in [0.05, 0.1) is 22.9 Å². The minimum absolute atomic E-state index is 0.129. The molecule has 0 atom stereocenters. The van der Waals surface area contributed by atoms with Gasteiger partial charge in [0.2, 0.25) is 0 Å². The second kappa shape index (κ2) is 8.49. The first-order valence-corrected chi connectivity index (χ1v) is 11.2. The summed E-state index contributed by atoms with van der Waals surface area (Å²) in [5.41, 5.74) is 5.25. The van der Waals surface area contributed by atoms with Gasteiger partial charge in [-0.15, -0.1) is 0 Å². The maximum absolute atomic E-state index is 12.5. The van der Waals surface area contributed by atoms with Crippen molar-refractivity contribution in [3.05, 3.63) is 68.9 Å². The van der Waals surface area contributed by atoms with Crippen LogP contribution in [0.3, 0.4) is 0 Å². The zero-order chi connectivity index (χ0) is 23.1. The average molecular weight is 466 g/mol. The van der Waals surface area contributed by atoms with Crippen molar-refractivity contribution in [2.75, 3.05) is 38.1 Å². The number of hydrogen-bond donors (Lipinski definition) is 2. The lowest BCUT2D eigenvalue weighted by atomic mass is 10.1. The van der Waals surface area contributed by atoms with Gasteiger partial charge in [0.1, 0.15) is 11.2 Å². The number of aromatic amines is 1. The van der Waals surface area contributed by atoms with Gasteiger partial charge >= 0.3 is 0 Å². The molecular formula is C23H24ClN7O2. The Kier molecular flexibility index (Phi) is 5.51. The summed E-state index contributed by atoms with van der Waals surface area (Å²) in [6.45, 7) is 6.00. The number of hydrogen-bond acceptors (Lipinski definition) is 6. The molecule has 10 heteroatoms. The van der Waals surface area contributed by atoms with Crippen molar-refractivity contribution in [1.29, 1.82) is 0 Å². The summed E-state index contributed by atoms with van der Waals surface area (Å²) in [5, 5.41) is 7.25. The number of aryl methyl sites for hydroxylation is 1. The normalized spacial score (nSPS) is 14.8. The molecule has 0 bridgehead atoms. The molecule has 0 unspecified atom stereocenters. The van der Waals surface area contributed by atoms with Crippen molar-refractivity contribution in [3.63, 3.8) is 0 Å². The minimum atomic E-state index is -0.256. The number of pyridine rings is 1. The van der Waals surface area contributed by atoms with Gasteiger partial charge in [-0.1, -0.05) is 17.7 Å². The van der Waals surface area contributed by atoms with E-state index in [9.17, 15) is 9.59 Å². The fourth-order valence-electron chi connectivity index (χ4n) is 4.36. The van der Waals surface area contributed by atoms with Crippen LogP contribution in [0.2, 0.25) is 5.15 Å². The molecule has 0 spiro atoms. The Morgan fingerprint density at radius 3 is 2.70 bits per heavy atom. The van der Waals surface area contributed by atoms with Crippen molar-refractivity contribution >= 4 is 39.7 Å². The number of aromatic nitrogens is 4. The number of nitrogens with one attached hydrogen (secondary N) is 2. The Labute approximate surface area is 195 Å². The summed E-state index contributed by atoms with van der Waals surface area (Å²) in [7, 11) is 1.57. The molecule has 2 N–H and O–H groups in total. The first kappa shape index (κ1) is 21.4. The highest BCUT2D eigenvalue weighted by Crippen LogP contribution is 2.26. The summed E-state index contributed by atoms with van der Waals surface area (Å²) in [6, 6.07) is 9.67. The van der Waals surface area contributed by atoms with E-state index in [1.54, 1.807) is 23.8 Å². The van der Waals surface area contributed by atoms with Crippen LogP contribution in [0.25, 0.3) is 16.6 Å². The van der Waals surface area contributed by atoms with E-state index >= 15 is 0 Å². The molecule has 4 heterocycles. The number of nitrogens with zero attached hydrogens (tertiary/aromatic N) is 5. The van der Waals surface area contributed by atoms with E-state index in [4.69, 9.17) is 11.6 Å². The monoisotopic (exact) mass is 465 g/mol. The zero-order valence-electron chi connectivity index (χ0n) is 18.4. The van der Waals surface area contributed by atoms with E-state index in [1.165, 1.54) is 0 Å². The fraction of sp³-hybridized carbons (Fsp3) is 0.304. The molecular weight excluding hydrogens is 442 g/mol. The van der Waals surface area contributed by atoms with Crippen LogP contribution < -0.4 is 15.8 Å². The highest BCUT2D eigenvalue weighted by molar-refractivity contribution is 6.32. The van der Waals surface area contributed by atoms with E-state index in [-0.39, 0.29) is 11.5 Å². The largest absolute Gasteiger partial charge is 0.366 e. The molecule has 170 valence electrons. The fourth-order valence-corrected chi connectivity index (χ4v) is 4.63. The molecule has 1 aromatic carbocycles. The van der Waals surface area contributed by atoms with Crippen molar-refractivity contribution < 1.29 is 4.79 Å². The third kappa shape index (κ3) is 3.94. The standard InChI is InChI=1S/C23H24ClN7O2/c1-14-12-26-31-18-5-3-15(11-17(18)28-23(33)20(14)31)13-29-7-9-30(10-8-29)19-6-4-16(22(32)25-2)27-21(19)24/h3-6,11-12H,7-10,13H2,1-2H3,(H,25,32)(H,28,33). The lowest BCUT2D eigenvalue weighted by Crippen LogP contribution is -2.46. The van der Waals surface area contributed by atoms with Crippen LogP contribution in [0.4, 0.5) is 5.69 Å². The van der Waals surface area contributed by atoms with Gasteiger partial charge < -0.3 is 15.2 Å². The SMILES string of the molecule is CNC(=O)c1ccc(N2CCN(Cc3ccc4c(c3)[nH]c(=O)c3c(C)cnn34)CC2)c(Cl)n1. The maximum Gasteiger partial charge on any atom is 0.274 e. The van der Waals surface area contributed by atoms with Crippen LogP contribution in [0.5, 0.6) is 0 Å². The highest BCUT2D eigenvalue weighted by atomic mass is 35.5. The van der Waals surface area contributed by atoms with Gasteiger partial charge in [0.25, 0.3) is 11.5 Å². The number of fused-ring (bicyclic) bond motifs is 3. The smallest absolute Gasteiger partial charge is 0.274 e. The Balaban J connectivity index is 1.29. The Morgan fingerprint density at radius 2 is 1.97 bits per heavy atom. The molecule has 0 aliphatic carbocycles. The summed E-state index contributed by atoms with van der Waals surface area (Å²) >= 11 is 6.36. The zero-order valence-corrected chi connectivity index (χ0v) is 19.2.